The van der Waals surface area contributed by atoms with Crippen LogP contribution in [0.25, 0.3) is 11.0 Å². The fourth-order valence-corrected chi connectivity index (χ4v) is 2.28. The number of carbonyl (C=O) groups is 1. The summed E-state index contributed by atoms with van der Waals surface area (Å²) in [5.41, 5.74) is 0.419. The van der Waals surface area contributed by atoms with Crippen LogP contribution in [-0.2, 0) is 15.1 Å². The fraction of sp³-hybridized carbons (Fsp3) is 0.250. The summed E-state index contributed by atoms with van der Waals surface area (Å²) in [4.78, 5) is 11.7. The quantitative estimate of drug-likeness (QED) is 0.670. The van der Waals surface area contributed by atoms with E-state index in [0.29, 0.717) is 5.76 Å². The van der Waals surface area contributed by atoms with E-state index in [2.05, 4.69) is 8.92 Å². The molecule has 0 saturated carbocycles. The van der Waals surface area contributed by atoms with Gasteiger partial charge in [0.05, 0.1) is 14.2 Å². The van der Waals surface area contributed by atoms with Gasteiger partial charge in [0.15, 0.2) is 11.5 Å². The molecule has 0 atom stereocenters. The molecule has 1 N–H and O–H groups in total. The molecule has 1 aromatic carbocycles. The average Bonchev–Trinajstić information content (AvgIpc) is 2.70. The van der Waals surface area contributed by atoms with Crippen LogP contribution in [0.4, 0.5) is 0 Å². The number of furan rings is 1. The number of rotatable bonds is 4. The minimum atomic E-state index is -4.74. The molecule has 9 heteroatoms. The van der Waals surface area contributed by atoms with E-state index in [1.54, 1.807) is 6.92 Å². The van der Waals surface area contributed by atoms with Gasteiger partial charge in [0.2, 0.25) is 0 Å². The van der Waals surface area contributed by atoms with E-state index >= 15 is 0 Å². The SMILES string of the molecule is COC(=O)c1c(C)oc2cc(OC)c(OS(=O)(=O)O)cc12. The number of fused-ring (bicyclic) bond motifs is 1. The van der Waals surface area contributed by atoms with Crippen LogP contribution >= 0.6 is 0 Å². The van der Waals surface area contributed by atoms with E-state index in [9.17, 15) is 13.2 Å². The summed E-state index contributed by atoms with van der Waals surface area (Å²) in [7, 11) is -2.24. The lowest BCUT2D eigenvalue weighted by molar-refractivity contribution is 0.0600. The Bertz CT molecular complexity index is 802. The maximum Gasteiger partial charge on any atom is 0.446 e. The van der Waals surface area contributed by atoms with Crippen molar-refractivity contribution in [3.05, 3.63) is 23.5 Å². The molecular weight excluding hydrogens is 304 g/mol. The summed E-state index contributed by atoms with van der Waals surface area (Å²) in [6, 6.07) is 2.56. The van der Waals surface area contributed by atoms with Crippen molar-refractivity contribution >= 4 is 27.3 Å². The third-order valence-corrected chi connectivity index (χ3v) is 3.13. The van der Waals surface area contributed by atoms with Gasteiger partial charge in [-0.2, -0.15) is 8.42 Å². The molecule has 0 saturated heterocycles. The highest BCUT2D eigenvalue weighted by Crippen LogP contribution is 2.37. The second-order valence-corrected chi connectivity index (χ2v) is 5.06. The van der Waals surface area contributed by atoms with Crippen LogP contribution in [0.1, 0.15) is 16.1 Å². The fourth-order valence-electron chi connectivity index (χ4n) is 1.92. The molecular formula is C12H12O8S. The maximum absolute atomic E-state index is 11.7. The van der Waals surface area contributed by atoms with Gasteiger partial charge in [-0.3, -0.25) is 4.55 Å². The number of aryl methyl sites for hydroxylation is 1. The van der Waals surface area contributed by atoms with Gasteiger partial charge in [0.25, 0.3) is 0 Å². The minimum absolute atomic E-state index is 0.0188. The topological polar surface area (TPSA) is 112 Å². The summed E-state index contributed by atoms with van der Waals surface area (Å²) >= 11 is 0. The predicted octanol–water partition coefficient (Wildman–Crippen LogP) is 1.72. The Morgan fingerprint density at radius 1 is 1.24 bits per heavy atom. The lowest BCUT2D eigenvalue weighted by atomic mass is 10.1. The van der Waals surface area contributed by atoms with Crippen molar-refractivity contribution in [2.45, 2.75) is 6.92 Å². The van der Waals surface area contributed by atoms with Crippen LogP contribution in [0.5, 0.6) is 11.5 Å². The van der Waals surface area contributed by atoms with Crippen LogP contribution in [-0.4, -0.2) is 33.2 Å². The van der Waals surface area contributed by atoms with Crippen molar-refractivity contribution in [1.29, 1.82) is 0 Å². The Kier molecular flexibility index (Phi) is 3.79. The van der Waals surface area contributed by atoms with Crippen LogP contribution in [0, 0.1) is 6.92 Å². The summed E-state index contributed by atoms with van der Waals surface area (Å²) in [6.07, 6.45) is 0. The Morgan fingerprint density at radius 3 is 2.43 bits per heavy atom. The Balaban J connectivity index is 2.72. The number of carbonyl (C=O) groups excluding carboxylic acids is 1. The van der Waals surface area contributed by atoms with E-state index in [4.69, 9.17) is 13.7 Å². The van der Waals surface area contributed by atoms with Crippen LogP contribution in [0.2, 0.25) is 0 Å². The molecule has 1 aromatic heterocycles. The lowest BCUT2D eigenvalue weighted by Gasteiger charge is -2.07. The summed E-state index contributed by atoms with van der Waals surface area (Å²) in [5, 5.41) is 0.277. The van der Waals surface area contributed by atoms with Crippen molar-refractivity contribution < 1.29 is 35.8 Å². The van der Waals surface area contributed by atoms with Crippen molar-refractivity contribution in [2.24, 2.45) is 0 Å². The molecule has 0 spiro atoms. The van der Waals surface area contributed by atoms with Crippen LogP contribution in [0.15, 0.2) is 16.5 Å². The van der Waals surface area contributed by atoms with E-state index in [1.165, 1.54) is 26.4 Å². The zero-order chi connectivity index (χ0) is 15.8. The largest absolute Gasteiger partial charge is 0.493 e. The highest BCUT2D eigenvalue weighted by Gasteiger charge is 2.23. The van der Waals surface area contributed by atoms with Gasteiger partial charge in [-0.05, 0) is 13.0 Å². The van der Waals surface area contributed by atoms with E-state index < -0.39 is 16.4 Å². The van der Waals surface area contributed by atoms with Gasteiger partial charge in [-0.1, -0.05) is 0 Å². The van der Waals surface area contributed by atoms with Gasteiger partial charge in [-0.15, -0.1) is 0 Å². The molecule has 21 heavy (non-hydrogen) atoms. The Labute approximate surface area is 120 Å². The summed E-state index contributed by atoms with van der Waals surface area (Å²) in [6.45, 7) is 1.56. The molecule has 0 aliphatic carbocycles. The number of esters is 1. The molecule has 2 rings (SSSR count). The van der Waals surface area contributed by atoms with E-state index in [1.807, 2.05) is 0 Å². The maximum atomic E-state index is 11.7. The van der Waals surface area contributed by atoms with Crippen molar-refractivity contribution in [3.8, 4) is 11.5 Å². The normalized spacial score (nSPS) is 11.4. The first-order valence-electron chi connectivity index (χ1n) is 5.63. The number of hydrogen-bond acceptors (Lipinski definition) is 7. The zero-order valence-corrected chi connectivity index (χ0v) is 12.2. The first kappa shape index (κ1) is 15.1. The average molecular weight is 316 g/mol. The predicted molar refractivity (Wildman–Crippen MR) is 71.0 cm³/mol. The number of ether oxygens (including phenoxy) is 2. The highest BCUT2D eigenvalue weighted by atomic mass is 32.3. The molecule has 0 amide bonds. The highest BCUT2D eigenvalue weighted by molar-refractivity contribution is 7.81. The molecule has 1 heterocycles. The second kappa shape index (κ2) is 5.26. The smallest absolute Gasteiger partial charge is 0.446 e. The first-order valence-corrected chi connectivity index (χ1v) is 6.99. The Morgan fingerprint density at radius 2 is 1.90 bits per heavy atom. The van der Waals surface area contributed by atoms with Gasteiger partial charge in [-0.25, -0.2) is 4.79 Å². The van der Waals surface area contributed by atoms with E-state index in [-0.39, 0.29) is 28.0 Å². The molecule has 2 aromatic rings. The van der Waals surface area contributed by atoms with Crippen molar-refractivity contribution in [3.63, 3.8) is 0 Å². The number of benzene rings is 1. The van der Waals surface area contributed by atoms with Gasteiger partial charge >= 0.3 is 16.4 Å². The molecule has 0 fully saturated rings. The number of methoxy groups -OCH3 is 2. The molecule has 114 valence electrons. The third-order valence-electron chi connectivity index (χ3n) is 2.73. The molecule has 0 aliphatic heterocycles. The van der Waals surface area contributed by atoms with Gasteiger partial charge < -0.3 is 18.1 Å². The summed E-state index contributed by atoms with van der Waals surface area (Å²) in [5.74, 6) is -0.610. The molecule has 8 nitrogen and oxygen atoms in total. The third kappa shape index (κ3) is 2.93. The molecule has 0 radical (unpaired) electrons. The second-order valence-electron chi connectivity index (χ2n) is 4.04. The van der Waals surface area contributed by atoms with Crippen LogP contribution in [0.3, 0.4) is 0 Å². The van der Waals surface area contributed by atoms with Crippen LogP contribution < -0.4 is 8.92 Å². The zero-order valence-electron chi connectivity index (χ0n) is 11.4. The monoisotopic (exact) mass is 316 g/mol. The first-order chi connectivity index (χ1) is 9.76. The Hall–Kier alpha value is -2.26. The summed E-state index contributed by atoms with van der Waals surface area (Å²) < 4.78 is 49.9. The molecule has 0 bridgehead atoms. The molecule has 0 unspecified atom stereocenters. The number of hydrogen-bond donors (Lipinski definition) is 1. The van der Waals surface area contributed by atoms with E-state index in [0.717, 1.165) is 0 Å². The van der Waals surface area contributed by atoms with Crippen molar-refractivity contribution in [1.82, 2.24) is 0 Å². The molecule has 0 aliphatic rings. The standard InChI is InChI=1S/C12H12O8S/c1-6-11(12(13)18-3)7-4-10(20-21(14,15)16)9(17-2)5-8(7)19-6/h4-5H,1-3H3,(H,14,15,16). The van der Waals surface area contributed by atoms with Gasteiger partial charge in [0, 0.05) is 11.5 Å². The lowest BCUT2D eigenvalue weighted by Crippen LogP contribution is -2.08. The van der Waals surface area contributed by atoms with Gasteiger partial charge in [0.1, 0.15) is 16.9 Å². The van der Waals surface area contributed by atoms with Crippen molar-refractivity contribution in [2.75, 3.05) is 14.2 Å². The minimum Gasteiger partial charge on any atom is -0.493 e.